The van der Waals surface area contributed by atoms with Crippen LogP contribution >= 0.6 is 11.3 Å². The number of esters is 1. The molecule has 0 aliphatic heterocycles. The van der Waals surface area contributed by atoms with Crippen LogP contribution in [0.3, 0.4) is 0 Å². The van der Waals surface area contributed by atoms with Crippen LogP contribution in [0.1, 0.15) is 48.3 Å². The number of thiophene rings is 1. The fourth-order valence-corrected chi connectivity index (χ4v) is 3.63. The predicted molar refractivity (Wildman–Crippen MR) is 83.4 cm³/mol. The standard InChI is InChI=1S/C16H23NO3S/c1-10-5-4-6-13(12(10)3)17-14(18)9-20-16(19)15-11(2)7-8-21-15/h7-8,10,12-13H,4-6,9H2,1-3H3,(H,17,18)/t10-,12+,13-/m1/s1. The Morgan fingerprint density at radius 1 is 1.38 bits per heavy atom. The third-order valence-corrected chi connectivity index (χ3v) is 5.43. The SMILES string of the molecule is Cc1ccsc1C(=O)OCC(=O)N[C@@H]1CCC[C@@H](C)[C@@H]1C. The Morgan fingerprint density at radius 3 is 2.81 bits per heavy atom. The molecule has 2 rings (SSSR count). The number of amides is 1. The summed E-state index contributed by atoms with van der Waals surface area (Å²) in [5.74, 6) is 0.476. The average molecular weight is 309 g/mol. The maximum atomic E-state index is 11.9. The first-order valence-corrected chi connectivity index (χ1v) is 8.37. The summed E-state index contributed by atoms with van der Waals surface area (Å²) in [5.41, 5.74) is 0.889. The first-order valence-electron chi connectivity index (χ1n) is 7.49. The Balaban J connectivity index is 1.80. The highest BCUT2D eigenvalue weighted by Gasteiger charge is 2.28. The van der Waals surface area contributed by atoms with Crippen molar-refractivity contribution in [2.24, 2.45) is 11.8 Å². The zero-order valence-electron chi connectivity index (χ0n) is 12.8. The average Bonchev–Trinajstić information content (AvgIpc) is 2.87. The number of rotatable bonds is 4. The van der Waals surface area contributed by atoms with Gasteiger partial charge in [-0.05, 0) is 42.2 Å². The van der Waals surface area contributed by atoms with Crippen molar-refractivity contribution in [2.45, 2.75) is 46.1 Å². The number of carbonyl (C=O) groups is 2. The van der Waals surface area contributed by atoms with E-state index < -0.39 is 5.97 Å². The Morgan fingerprint density at radius 2 is 2.14 bits per heavy atom. The molecule has 0 spiro atoms. The van der Waals surface area contributed by atoms with Gasteiger partial charge in [0.05, 0.1) is 0 Å². The molecule has 0 saturated heterocycles. The molecule has 116 valence electrons. The molecule has 1 saturated carbocycles. The molecule has 1 aliphatic rings. The first-order chi connectivity index (χ1) is 9.99. The minimum Gasteiger partial charge on any atom is -0.451 e. The number of carbonyl (C=O) groups excluding carboxylic acids is 2. The van der Waals surface area contributed by atoms with Gasteiger partial charge in [-0.3, -0.25) is 4.79 Å². The molecule has 1 aromatic rings. The van der Waals surface area contributed by atoms with Crippen molar-refractivity contribution in [3.8, 4) is 0 Å². The second-order valence-electron chi connectivity index (χ2n) is 5.95. The maximum Gasteiger partial charge on any atom is 0.349 e. The van der Waals surface area contributed by atoms with E-state index in [-0.39, 0.29) is 18.6 Å². The van der Waals surface area contributed by atoms with Crippen LogP contribution in [0.5, 0.6) is 0 Å². The zero-order valence-corrected chi connectivity index (χ0v) is 13.7. The van der Waals surface area contributed by atoms with Crippen molar-refractivity contribution in [1.82, 2.24) is 5.32 Å². The van der Waals surface area contributed by atoms with E-state index in [0.29, 0.717) is 16.7 Å². The van der Waals surface area contributed by atoms with Gasteiger partial charge in [-0.15, -0.1) is 11.3 Å². The number of hydrogen-bond acceptors (Lipinski definition) is 4. The molecular weight excluding hydrogens is 286 g/mol. The van der Waals surface area contributed by atoms with Crippen molar-refractivity contribution in [2.75, 3.05) is 6.61 Å². The highest BCUT2D eigenvalue weighted by atomic mass is 32.1. The zero-order chi connectivity index (χ0) is 15.4. The number of ether oxygens (including phenoxy) is 1. The summed E-state index contributed by atoms with van der Waals surface area (Å²) < 4.78 is 5.09. The lowest BCUT2D eigenvalue weighted by Crippen LogP contribution is -2.45. The Hall–Kier alpha value is -1.36. The van der Waals surface area contributed by atoms with E-state index in [1.54, 1.807) is 0 Å². The van der Waals surface area contributed by atoms with Gasteiger partial charge in [-0.1, -0.05) is 26.7 Å². The molecule has 1 fully saturated rings. The first kappa shape index (κ1) is 16.0. The van der Waals surface area contributed by atoms with E-state index >= 15 is 0 Å². The fourth-order valence-electron chi connectivity index (χ4n) is 2.81. The van der Waals surface area contributed by atoms with E-state index in [4.69, 9.17) is 4.74 Å². The third kappa shape index (κ3) is 4.06. The molecule has 5 heteroatoms. The van der Waals surface area contributed by atoms with E-state index in [2.05, 4.69) is 19.2 Å². The molecule has 3 atom stereocenters. The molecule has 1 amide bonds. The van der Waals surface area contributed by atoms with Crippen molar-refractivity contribution in [3.05, 3.63) is 21.9 Å². The van der Waals surface area contributed by atoms with Gasteiger partial charge in [0.2, 0.25) is 0 Å². The minimum atomic E-state index is -0.414. The monoisotopic (exact) mass is 309 g/mol. The van der Waals surface area contributed by atoms with Crippen LogP contribution in [0.2, 0.25) is 0 Å². The molecule has 0 bridgehead atoms. The van der Waals surface area contributed by atoms with Gasteiger partial charge < -0.3 is 10.1 Å². The molecule has 0 radical (unpaired) electrons. The quantitative estimate of drug-likeness (QED) is 0.869. The lowest BCUT2D eigenvalue weighted by molar-refractivity contribution is -0.125. The summed E-state index contributed by atoms with van der Waals surface area (Å²) >= 11 is 1.34. The topological polar surface area (TPSA) is 55.4 Å². The summed E-state index contributed by atoms with van der Waals surface area (Å²) in [5, 5.41) is 4.85. The summed E-state index contributed by atoms with van der Waals surface area (Å²) in [6.07, 6.45) is 3.38. The Kier molecular flexibility index (Phi) is 5.39. The minimum absolute atomic E-state index is 0.198. The highest BCUT2D eigenvalue weighted by molar-refractivity contribution is 7.12. The van der Waals surface area contributed by atoms with Gasteiger partial charge in [-0.25, -0.2) is 4.79 Å². The van der Waals surface area contributed by atoms with Crippen molar-refractivity contribution in [1.29, 1.82) is 0 Å². The molecule has 0 unspecified atom stereocenters. The molecule has 0 aromatic carbocycles. The van der Waals surface area contributed by atoms with Crippen LogP contribution in [0.25, 0.3) is 0 Å². The number of aryl methyl sites for hydroxylation is 1. The fraction of sp³-hybridized carbons (Fsp3) is 0.625. The van der Waals surface area contributed by atoms with Gasteiger partial charge in [-0.2, -0.15) is 0 Å². The van der Waals surface area contributed by atoms with Crippen LogP contribution in [0.4, 0.5) is 0 Å². The van der Waals surface area contributed by atoms with Gasteiger partial charge in [0, 0.05) is 6.04 Å². The maximum absolute atomic E-state index is 11.9. The molecule has 1 heterocycles. The summed E-state index contributed by atoms with van der Waals surface area (Å²) in [6.45, 7) is 6.06. The highest BCUT2D eigenvalue weighted by Crippen LogP contribution is 2.29. The van der Waals surface area contributed by atoms with Crippen molar-refractivity contribution >= 4 is 23.2 Å². The summed E-state index contributed by atoms with van der Waals surface area (Å²) in [4.78, 5) is 24.4. The second-order valence-corrected chi connectivity index (χ2v) is 6.87. The molecule has 21 heavy (non-hydrogen) atoms. The smallest absolute Gasteiger partial charge is 0.349 e. The van der Waals surface area contributed by atoms with Crippen LogP contribution in [0.15, 0.2) is 11.4 Å². The van der Waals surface area contributed by atoms with Gasteiger partial charge in [0.1, 0.15) is 4.88 Å². The second kappa shape index (κ2) is 7.07. The van der Waals surface area contributed by atoms with E-state index in [1.165, 1.54) is 17.8 Å². The van der Waals surface area contributed by atoms with Gasteiger partial charge in [0.15, 0.2) is 6.61 Å². The van der Waals surface area contributed by atoms with Gasteiger partial charge in [0.25, 0.3) is 5.91 Å². The van der Waals surface area contributed by atoms with Gasteiger partial charge >= 0.3 is 5.97 Å². The summed E-state index contributed by atoms with van der Waals surface area (Å²) in [6, 6.07) is 2.07. The van der Waals surface area contributed by atoms with Crippen molar-refractivity contribution in [3.63, 3.8) is 0 Å². The number of nitrogens with one attached hydrogen (secondary N) is 1. The normalized spacial score (nSPS) is 25.4. The van der Waals surface area contributed by atoms with E-state index in [0.717, 1.165) is 18.4 Å². The molecule has 1 aliphatic carbocycles. The van der Waals surface area contributed by atoms with Crippen molar-refractivity contribution < 1.29 is 14.3 Å². The van der Waals surface area contributed by atoms with Crippen LogP contribution in [-0.2, 0) is 9.53 Å². The Bertz CT molecular complexity index is 511. The lowest BCUT2D eigenvalue weighted by Gasteiger charge is -2.34. The predicted octanol–water partition coefficient (Wildman–Crippen LogP) is 3.15. The number of hydrogen-bond donors (Lipinski definition) is 1. The van der Waals surface area contributed by atoms with Crippen LogP contribution in [-0.4, -0.2) is 24.5 Å². The third-order valence-electron chi connectivity index (χ3n) is 4.44. The molecule has 4 nitrogen and oxygen atoms in total. The van der Waals surface area contributed by atoms with Crippen LogP contribution in [0, 0.1) is 18.8 Å². The largest absolute Gasteiger partial charge is 0.451 e. The van der Waals surface area contributed by atoms with Crippen LogP contribution < -0.4 is 5.32 Å². The molecule has 1 aromatic heterocycles. The van der Waals surface area contributed by atoms with E-state index in [1.807, 2.05) is 18.4 Å². The summed E-state index contributed by atoms with van der Waals surface area (Å²) in [7, 11) is 0. The lowest BCUT2D eigenvalue weighted by atomic mass is 9.78. The molecular formula is C16H23NO3S. The molecule has 1 N–H and O–H groups in total. The van der Waals surface area contributed by atoms with E-state index in [9.17, 15) is 9.59 Å². The Labute approximate surface area is 129 Å².